The molecule has 1 aliphatic rings. The van der Waals surface area contributed by atoms with E-state index in [2.05, 4.69) is 25.7 Å². The van der Waals surface area contributed by atoms with Gasteiger partial charge in [-0.2, -0.15) is 5.10 Å². The molecule has 0 saturated heterocycles. The van der Waals surface area contributed by atoms with E-state index in [1.54, 1.807) is 19.2 Å². The van der Waals surface area contributed by atoms with E-state index in [4.69, 9.17) is 9.47 Å². The van der Waals surface area contributed by atoms with Gasteiger partial charge in [0, 0.05) is 39.1 Å². The van der Waals surface area contributed by atoms with Crippen LogP contribution >= 0.6 is 24.0 Å². The van der Waals surface area contributed by atoms with Crippen LogP contribution in [-0.2, 0) is 24.3 Å². The molecule has 0 radical (unpaired) electrons. The van der Waals surface area contributed by atoms with Crippen LogP contribution in [0.5, 0.6) is 5.75 Å². The highest BCUT2D eigenvalue weighted by atomic mass is 127. The first kappa shape index (κ1) is 24.3. The lowest BCUT2D eigenvalue weighted by atomic mass is 10.1. The van der Waals surface area contributed by atoms with Crippen molar-refractivity contribution in [3.05, 3.63) is 41.7 Å². The van der Waals surface area contributed by atoms with Crippen molar-refractivity contribution in [2.45, 2.75) is 45.4 Å². The van der Waals surface area contributed by atoms with Crippen LogP contribution in [0.4, 0.5) is 4.39 Å². The second kappa shape index (κ2) is 12.7. The molecular weight excluding hydrogens is 502 g/mol. The Labute approximate surface area is 193 Å². The highest BCUT2D eigenvalue weighted by molar-refractivity contribution is 14.0. The first-order valence-electron chi connectivity index (χ1n) is 10.0. The number of nitrogens with one attached hydrogen (secondary N) is 2. The Bertz CT molecular complexity index is 799. The van der Waals surface area contributed by atoms with Crippen molar-refractivity contribution in [2.24, 2.45) is 4.99 Å². The van der Waals surface area contributed by atoms with E-state index < -0.39 is 0 Å². The van der Waals surface area contributed by atoms with Gasteiger partial charge in [-0.15, -0.1) is 24.0 Å². The number of ether oxygens (including phenoxy) is 2. The Morgan fingerprint density at radius 3 is 2.87 bits per heavy atom. The molecule has 1 aromatic heterocycles. The van der Waals surface area contributed by atoms with Gasteiger partial charge in [-0.25, -0.2) is 14.1 Å². The van der Waals surface area contributed by atoms with Crippen LogP contribution in [0.25, 0.3) is 0 Å². The van der Waals surface area contributed by atoms with Gasteiger partial charge < -0.3 is 20.1 Å². The standard InChI is InChI=1S/C20H29FN6O2.HI/c1-3-22-20(23-11-4-12-29-17-8-5-15(21)6-9-17)24-16-7-10-19-25-18(14-28-2)26-27(19)13-16;/h5-6,8-9,16H,3-4,7,10-14H2,1-2H3,(H2,22,23,24);1H. The van der Waals surface area contributed by atoms with Crippen molar-refractivity contribution < 1.29 is 13.9 Å². The molecule has 166 valence electrons. The lowest BCUT2D eigenvalue weighted by Gasteiger charge is -2.25. The minimum atomic E-state index is -0.265. The first-order valence-corrected chi connectivity index (χ1v) is 10.0. The van der Waals surface area contributed by atoms with Gasteiger partial charge in [0.25, 0.3) is 0 Å². The summed E-state index contributed by atoms with van der Waals surface area (Å²) in [6, 6.07) is 6.29. The molecule has 2 aromatic rings. The van der Waals surface area contributed by atoms with E-state index in [-0.39, 0.29) is 35.8 Å². The lowest BCUT2D eigenvalue weighted by Crippen LogP contribution is -2.47. The number of hydrogen-bond donors (Lipinski definition) is 2. The van der Waals surface area contributed by atoms with Crippen molar-refractivity contribution in [2.75, 3.05) is 26.8 Å². The zero-order valence-electron chi connectivity index (χ0n) is 17.4. The third kappa shape index (κ3) is 7.38. The van der Waals surface area contributed by atoms with E-state index in [0.29, 0.717) is 25.5 Å². The maximum absolute atomic E-state index is 12.9. The Morgan fingerprint density at radius 1 is 1.33 bits per heavy atom. The van der Waals surface area contributed by atoms with Crippen molar-refractivity contribution in [1.82, 2.24) is 25.4 Å². The molecule has 1 atom stereocenters. The summed E-state index contributed by atoms with van der Waals surface area (Å²) >= 11 is 0. The van der Waals surface area contributed by atoms with E-state index in [1.165, 1.54) is 12.1 Å². The Kier molecular flexibility index (Phi) is 10.3. The minimum Gasteiger partial charge on any atom is -0.494 e. The van der Waals surface area contributed by atoms with Crippen LogP contribution in [0, 0.1) is 5.82 Å². The molecule has 3 rings (SSSR count). The molecule has 1 unspecified atom stereocenters. The monoisotopic (exact) mass is 532 g/mol. The van der Waals surface area contributed by atoms with Crippen molar-refractivity contribution in [1.29, 1.82) is 0 Å². The number of benzene rings is 1. The fourth-order valence-corrected chi connectivity index (χ4v) is 3.16. The molecule has 10 heteroatoms. The quantitative estimate of drug-likeness (QED) is 0.224. The lowest BCUT2D eigenvalue weighted by molar-refractivity contribution is 0.177. The van der Waals surface area contributed by atoms with Gasteiger partial charge in [-0.05, 0) is 37.6 Å². The fraction of sp³-hybridized carbons (Fsp3) is 0.550. The molecule has 0 aliphatic carbocycles. The molecule has 2 N–H and O–H groups in total. The summed E-state index contributed by atoms with van der Waals surface area (Å²) in [5.41, 5.74) is 0. The summed E-state index contributed by atoms with van der Waals surface area (Å²) in [5, 5.41) is 11.3. The topological polar surface area (TPSA) is 85.6 Å². The fourth-order valence-electron chi connectivity index (χ4n) is 3.16. The number of halogens is 2. The summed E-state index contributed by atoms with van der Waals surface area (Å²) < 4.78 is 25.6. The normalized spacial score (nSPS) is 15.8. The number of aryl methyl sites for hydroxylation is 1. The predicted molar refractivity (Wildman–Crippen MR) is 124 cm³/mol. The van der Waals surface area contributed by atoms with Gasteiger partial charge in [0.15, 0.2) is 11.8 Å². The van der Waals surface area contributed by atoms with Crippen molar-refractivity contribution >= 4 is 29.9 Å². The van der Waals surface area contributed by atoms with Gasteiger partial charge >= 0.3 is 0 Å². The zero-order valence-corrected chi connectivity index (χ0v) is 19.8. The number of hydrogen-bond acceptors (Lipinski definition) is 5. The number of nitrogens with zero attached hydrogens (tertiary/aromatic N) is 4. The van der Waals surface area contributed by atoms with Crippen LogP contribution in [0.15, 0.2) is 29.3 Å². The summed E-state index contributed by atoms with van der Waals surface area (Å²) in [4.78, 5) is 9.14. The van der Waals surface area contributed by atoms with E-state index in [1.807, 2.05) is 11.6 Å². The molecule has 1 aliphatic heterocycles. The number of fused-ring (bicyclic) bond motifs is 1. The molecular formula is C20H30FIN6O2. The average molecular weight is 532 g/mol. The minimum absolute atomic E-state index is 0. The molecule has 1 aromatic carbocycles. The summed E-state index contributed by atoms with van der Waals surface area (Å²) in [6.07, 6.45) is 2.62. The van der Waals surface area contributed by atoms with E-state index in [0.717, 1.165) is 50.0 Å². The summed E-state index contributed by atoms with van der Waals surface area (Å²) in [6.45, 7) is 5.18. The molecule has 2 heterocycles. The van der Waals surface area contributed by atoms with Gasteiger partial charge in [0.1, 0.15) is 24.0 Å². The summed E-state index contributed by atoms with van der Waals surface area (Å²) in [7, 11) is 1.65. The Hall–Kier alpha value is -1.95. The molecule has 0 fully saturated rings. The van der Waals surface area contributed by atoms with Crippen molar-refractivity contribution in [3.63, 3.8) is 0 Å². The third-order valence-corrected chi connectivity index (χ3v) is 4.52. The highest BCUT2D eigenvalue weighted by Gasteiger charge is 2.22. The predicted octanol–water partition coefficient (Wildman–Crippen LogP) is 2.52. The molecule has 8 nitrogen and oxygen atoms in total. The maximum Gasteiger partial charge on any atom is 0.191 e. The second-order valence-electron chi connectivity index (χ2n) is 6.86. The number of aliphatic imine (C=N–C) groups is 1. The molecule has 0 amide bonds. The van der Waals surface area contributed by atoms with Crippen LogP contribution in [-0.4, -0.2) is 53.6 Å². The van der Waals surface area contributed by atoms with E-state index in [9.17, 15) is 4.39 Å². The zero-order chi connectivity index (χ0) is 20.5. The molecule has 0 saturated carbocycles. The molecule has 0 spiro atoms. The Balaban J connectivity index is 0.00000320. The van der Waals surface area contributed by atoms with Gasteiger partial charge in [-0.1, -0.05) is 0 Å². The number of methoxy groups -OCH3 is 1. The first-order chi connectivity index (χ1) is 14.2. The van der Waals surface area contributed by atoms with Crippen LogP contribution in [0.2, 0.25) is 0 Å². The third-order valence-electron chi connectivity index (χ3n) is 4.52. The van der Waals surface area contributed by atoms with Crippen LogP contribution < -0.4 is 15.4 Å². The van der Waals surface area contributed by atoms with Crippen molar-refractivity contribution in [3.8, 4) is 5.75 Å². The maximum atomic E-state index is 12.9. The van der Waals surface area contributed by atoms with Crippen LogP contribution in [0.1, 0.15) is 31.4 Å². The average Bonchev–Trinajstić information content (AvgIpc) is 3.11. The molecule has 30 heavy (non-hydrogen) atoms. The van der Waals surface area contributed by atoms with Crippen LogP contribution in [0.3, 0.4) is 0 Å². The highest BCUT2D eigenvalue weighted by Crippen LogP contribution is 2.14. The SMILES string of the molecule is CCNC(=NCCCOc1ccc(F)cc1)NC1CCc2nc(COC)nn2C1.I. The van der Waals surface area contributed by atoms with Gasteiger partial charge in [-0.3, -0.25) is 4.99 Å². The number of rotatable bonds is 9. The number of guanidine groups is 1. The van der Waals surface area contributed by atoms with Gasteiger partial charge in [0.05, 0.1) is 13.2 Å². The smallest absolute Gasteiger partial charge is 0.191 e. The largest absolute Gasteiger partial charge is 0.494 e. The van der Waals surface area contributed by atoms with Gasteiger partial charge in [0.2, 0.25) is 0 Å². The number of aromatic nitrogens is 3. The van der Waals surface area contributed by atoms with E-state index >= 15 is 0 Å². The second-order valence-corrected chi connectivity index (χ2v) is 6.86. The Morgan fingerprint density at radius 2 is 2.13 bits per heavy atom. The molecule has 0 bridgehead atoms. The summed E-state index contributed by atoms with van der Waals surface area (Å²) in [5.74, 6) is 2.93.